The van der Waals surface area contributed by atoms with Crippen molar-refractivity contribution in [3.8, 4) is 5.75 Å². The third kappa shape index (κ3) is 6.98. The predicted octanol–water partition coefficient (Wildman–Crippen LogP) is 3.87. The molecule has 0 aliphatic heterocycles. The highest BCUT2D eigenvalue weighted by Gasteiger charge is 2.33. The van der Waals surface area contributed by atoms with Gasteiger partial charge in [0.05, 0.1) is 13.1 Å². The Kier molecular flexibility index (Phi) is 9.13. The van der Waals surface area contributed by atoms with Crippen molar-refractivity contribution in [1.29, 1.82) is 0 Å². The molecule has 2 aromatic rings. The molecule has 1 aromatic carbocycles. The van der Waals surface area contributed by atoms with Crippen molar-refractivity contribution in [2.45, 2.75) is 12.7 Å². The van der Waals surface area contributed by atoms with Gasteiger partial charge in [-0.25, -0.2) is 4.98 Å². The lowest BCUT2D eigenvalue weighted by atomic mass is 10.3. The number of aromatic nitrogens is 1. The maximum atomic E-state index is 12.6. The Morgan fingerprint density at radius 1 is 1.31 bits per heavy atom. The van der Waals surface area contributed by atoms with Crippen LogP contribution in [0.15, 0.2) is 40.7 Å². The molecule has 1 aromatic heterocycles. The number of nitrogens with zero attached hydrogens (tertiary/aromatic N) is 3. The highest BCUT2D eigenvalue weighted by atomic mass is 127. The summed E-state index contributed by atoms with van der Waals surface area (Å²) in [5, 5.41) is 4.36. The first-order valence-corrected chi connectivity index (χ1v) is 8.39. The van der Waals surface area contributed by atoms with E-state index in [1.807, 2.05) is 42.3 Å². The van der Waals surface area contributed by atoms with Gasteiger partial charge in [-0.1, -0.05) is 18.2 Å². The lowest BCUT2D eigenvalue weighted by molar-refractivity contribution is -0.140. The van der Waals surface area contributed by atoms with Crippen LogP contribution in [0.1, 0.15) is 10.7 Å². The summed E-state index contributed by atoms with van der Waals surface area (Å²) < 4.78 is 43.3. The molecule has 0 saturated heterocycles. The zero-order valence-electron chi connectivity index (χ0n) is 14.3. The largest absolute Gasteiger partial charge is 0.492 e. The van der Waals surface area contributed by atoms with Gasteiger partial charge in [-0.2, -0.15) is 13.2 Å². The first-order valence-electron chi connectivity index (χ1n) is 7.51. The van der Waals surface area contributed by atoms with Crippen molar-refractivity contribution in [3.05, 3.63) is 46.4 Å². The number of aliphatic imine (C=N–C) groups is 1. The van der Waals surface area contributed by atoms with E-state index in [0.717, 1.165) is 22.5 Å². The van der Waals surface area contributed by atoms with Crippen LogP contribution < -0.4 is 10.1 Å². The number of rotatable bonds is 6. The van der Waals surface area contributed by atoms with E-state index in [-0.39, 0.29) is 30.5 Å². The second kappa shape index (κ2) is 10.6. The number of alkyl halides is 3. The van der Waals surface area contributed by atoms with E-state index in [0.29, 0.717) is 24.1 Å². The molecule has 0 atom stereocenters. The fourth-order valence-electron chi connectivity index (χ4n) is 1.98. The van der Waals surface area contributed by atoms with E-state index in [2.05, 4.69) is 15.3 Å². The van der Waals surface area contributed by atoms with E-state index in [1.165, 1.54) is 0 Å². The van der Waals surface area contributed by atoms with Crippen LogP contribution in [-0.4, -0.2) is 43.1 Å². The fourth-order valence-corrected chi connectivity index (χ4v) is 2.73. The van der Waals surface area contributed by atoms with Gasteiger partial charge in [-0.3, -0.25) is 4.99 Å². The van der Waals surface area contributed by atoms with Crippen LogP contribution in [0.4, 0.5) is 13.2 Å². The molecule has 5 nitrogen and oxygen atoms in total. The molecule has 10 heteroatoms. The Morgan fingerprint density at radius 3 is 2.58 bits per heavy atom. The topological polar surface area (TPSA) is 49.8 Å². The van der Waals surface area contributed by atoms with E-state index in [4.69, 9.17) is 4.74 Å². The molecule has 0 bridgehead atoms. The zero-order valence-corrected chi connectivity index (χ0v) is 17.4. The molecule has 1 N–H and O–H groups in total. The number of benzene rings is 1. The van der Waals surface area contributed by atoms with Crippen molar-refractivity contribution in [2.24, 2.45) is 4.99 Å². The predicted molar refractivity (Wildman–Crippen MR) is 107 cm³/mol. The quantitative estimate of drug-likeness (QED) is 0.372. The minimum Gasteiger partial charge on any atom is -0.492 e. The number of para-hydroxylation sites is 1. The standard InChI is InChI=1S/C16H19F3N4OS.HI/c1-20-15(21-10-14-22-13(11-25-14)16(17,18)19)23(2)8-9-24-12-6-4-3-5-7-12;/h3-7,11H,8-10H2,1-2H3,(H,20,21);1H. The van der Waals surface area contributed by atoms with E-state index >= 15 is 0 Å². The minimum absolute atomic E-state index is 0. The van der Waals surface area contributed by atoms with Gasteiger partial charge in [-0.15, -0.1) is 35.3 Å². The molecule has 0 amide bonds. The second-order valence-electron chi connectivity index (χ2n) is 5.11. The van der Waals surface area contributed by atoms with E-state index < -0.39 is 11.9 Å². The van der Waals surface area contributed by atoms with Crippen molar-refractivity contribution in [1.82, 2.24) is 15.2 Å². The minimum atomic E-state index is -4.41. The van der Waals surface area contributed by atoms with Gasteiger partial charge in [0.15, 0.2) is 11.7 Å². The van der Waals surface area contributed by atoms with Gasteiger partial charge in [0, 0.05) is 19.5 Å². The Morgan fingerprint density at radius 2 is 2.00 bits per heavy atom. The van der Waals surface area contributed by atoms with Crippen LogP contribution in [0, 0.1) is 0 Å². The molecule has 0 aliphatic carbocycles. The van der Waals surface area contributed by atoms with Crippen molar-refractivity contribution < 1.29 is 17.9 Å². The number of hydrogen-bond acceptors (Lipinski definition) is 4. The van der Waals surface area contributed by atoms with Crippen molar-refractivity contribution >= 4 is 41.3 Å². The van der Waals surface area contributed by atoms with Crippen molar-refractivity contribution in [2.75, 3.05) is 27.2 Å². The van der Waals surface area contributed by atoms with Gasteiger partial charge < -0.3 is 15.0 Å². The first kappa shape index (κ1) is 22.5. The van der Waals surface area contributed by atoms with Crippen LogP contribution in [0.5, 0.6) is 5.75 Å². The molecular formula is C16H20F3IN4OS. The number of thiazole rings is 1. The second-order valence-corrected chi connectivity index (χ2v) is 6.05. The maximum absolute atomic E-state index is 12.6. The summed E-state index contributed by atoms with van der Waals surface area (Å²) in [4.78, 5) is 9.53. The van der Waals surface area contributed by atoms with Gasteiger partial charge in [0.1, 0.15) is 17.4 Å². The van der Waals surface area contributed by atoms with E-state index in [9.17, 15) is 13.2 Å². The summed E-state index contributed by atoms with van der Waals surface area (Å²) in [5.74, 6) is 1.33. The summed E-state index contributed by atoms with van der Waals surface area (Å²) in [5.41, 5.74) is -0.867. The van der Waals surface area contributed by atoms with Gasteiger partial charge >= 0.3 is 6.18 Å². The summed E-state index contributed by atoms with van der Waals surface area (Å²) in [7, 11) is 3.44. The number of halogens is 4. The Hall–Kier alpha value is -1.56. The molecule has 0 fully saturated rings. The smallest absolute Gasteiger partial charge is 0.434 e. The Balaban J connectivity index is 0.00000338. The maximum Gasteiger partial charge on any atom is 0.434 e. The van der Waals surface area contributed by atoms with Crippen LogP contribution in [0.2, 0.25) is 0 Å². The fraction of sp³-hybridized carbons (Fsp3) is 0.375. The van der Waals surface area contributed by atoms with Crippen LogP contribution in [0.3, 0.4) is 0 Å². The average molecular weight is 500 g/mol. The molecular weight excluding hydrogens is 480 g/mol. The van der Waals surface area contributed by atoms with Crippen LogP contribution >= 0.6 is 35.3 Å². The molecule has 0 spiro atoms. The number of likely N-dealkylation sites (N-methyl/N-ethyl adjacent to an activating group) is 1. The first-order chi connectivity index (χ1) is 11.9. The highest BCUT2D eigenvalue weighted by molar-refractivity contribution is 14.0. The Bertz CT molecular complexity index is 694. The molecule has 0 unspecified atom stereocenters. The van der Waals surface area contributed by atoms with Crippen molar-refractivity contribution in [3.63, 3.8) is 0 Å². The monoisotopic (exact) mass is 500 g/mol. The molecule has 1 heterocycles. The van der Waals surface area contributed by atoms with Gasteiger partial charge in [0.2, 0.25) is 0 Å². The van der Waals surface area contributed by atoms with Gasteiger partial charge in [0.25, 0.3) is 0 Å². The zero-order chi connectivity index (χ0) is 18.3. The molecule has 2 rings (SSSR count). The normalized spacial score (nSPS) is 11.7. The molecule has 0 saturated carbocycles. The number of ether oxygens (including phenoxy) is 1. The summed E-state index contributed by atoms with van der Waals surface area (Å²) in [6.45, 7) is 1.20. The average Bonchev–Trinajstić information content (AvgIpc) is 3.06. The lowest BCUT2D eigenvalue weighted by Crippen LogP contribution is -2.40. The lowest BCUT2D eigenvalue weighted by Gasteiger charge is -2.21. The summed E-state index contributed by atoms with van der Waals surface area (Å²) in [6, 6.07) is 9.43. The number of nitrogens with one attached hydrogen (secondary N) is 1. The SMILES string of the molecule is CN=C(NCc1nc(C(F)(F)F)cs1)N(C)CCOc1ccccc1.I. The molecule has 26 heavy (non-hydrogen) atoms. The third-order valence-corrected chi connectivity index (χ3v) is 4.10. The number of guanidine groups is 1. The van der Waals surface area contributed by atoms with E-state index in [1.54, 1.807) is 7.05 Å². The summed E-state index contributed by atoms with van der Waals surface area (Å²) >= 11 is 0.964. The molecule has 0 aliphatic rings. The van der Waals surface area contributed by atoms with Crippen LogP contribution in [-0.2, 0) is 12.7 Å². The van der Waals surface area contributed by atoms with Crippen LogP contribution in [0.25, 0.3) is 0 Å². The summed E-state index contributed by atoms with van der Waals surface area (Å²) in [6.07, 6.45) is -4.41. The highest BCUT2D eigenvalue weighted by Crippen LogP contribution is 2.29. The van der Waals surface area contributed by atoms with Gasteiger partial charge in [-0.05, 0) is 12.1 Å². The molecule has 144 valence electrons. The third-order valence-electron chi connectivity index (χ3n) is 3.25. The number of hydrogen-bond donors (Lipinski definition) is 1. The Labute approximate surface area is 171 Å². The molecule has 0 radical (unpaired) electrons.